The van der Waals surface area contributed by atoms with E-state index in [1.54, 1.807) is 0 Å². The van der Waals surface area contributed by atoms with E-state index >= 15 is 0 Å². The van der Waals surface area contributed by atoms with Crippen LogP contribution in [0.15, 0.2) is 0 Å². The van der Waals surface area contributed by atoms with Crippen molar-refractivity contribution in [2.45, 2.75) is 25.4 Å². The quantitative estimate of drug-likeness (QED) is 0.722. The SMILES string of the molecule is O=C(O)C1CN(CC2CCCCO2)C1. The first kappa shape index (κ1) is 9.93. The normalized spacial score (nSPS) is 29.9. The molecule has 2 aliphatic rings. The Kier molecular flexibility index (Phi) is 3.03. The third-order valence-corrected chi connectivity index (χ3v) is 3.04. The molecule has 0 aliphatic carbocycles. The van der Waals surface area contributed by atoms with Gasteiger partial charge in [0.05, 0.1) is 12.0 Å². The third-order valence-electron chi connectivity index (χ3n) is 3.04. The zero-order chi connectivity index (χ0) is 9.97. The molecule has 2 rings (SSSR count). The summed E-state index contributed by atoms with van der Waals surface area (Å²) in [5.41, 5.74) is 0. The number of rotatable bonds is 3. The molecule has 2 saturated heterocycles. The first-order valence-electron chi connectivity index (χ1n) is 5.32. The Morgan fingerprint density at radius 1 is 1.43 bits per heavy atom. The summed E-state index contributed by atoms with van der Waals surface area (Å²) < 4.78 is 5.59. The lowest BCUT2D eigenvalue weighted by molar-refractivity contribution is -0.148. The molecule has 0 radical (unpaired) electrons. The molecular formula is C10H17NO3. The van der Waals surface area contributed by atoms with Gasteiger partial charge >= 0.3 is 5.97 Å². The molecular weight excluding hydrogens is 182 g/mol. The van der Waals surface area contributed by atoms with Gasteiger partial charge in [-0.2, -0.15) is 0 Å². The molecule has 0 bridgehead atoms. The predicted octanol–water partition coefficient (Wildman–Crippen LogP) is 0.572. The smallest absolute Gasteiger partial charge is 0.309 e. The van der Waals surface area contributed by atoms with Gasteiger partial charge < -0.3 is 9.84 Å². The summed E-state index contributed by atoms with van der Waals surface area (Å²) >= 11 is 0. The fourth-order valence-corrected chi connectivity index (χ4v) is 2.11. The highest BCUT2D eigenvalue weighted by Crippen LogP contribution is 2.20. The monoisotopic (exact) mass is 199 g/mol. The Balaban J connectivity index is 1.65. The van der Waals surface area contributed by atoms with E-state index in [1.165, 1.54) is 12.8 Å². The van der Waals surface area contributed by atoms with E-state index in [4.69, 9.17) is 9.84 Å². The number of likely N-dealkylation sites (tertiary alicyclic amines) is 1. The molecule has 2 aliphatic heterocycles. The molecule has 1 N–H and O–H groups in total. The lowest BCUT2D eigenvalue weighted by Crippen LogP contribution is -2.53. The van der Waals surface area contributed by atoms with Gasteiger partial charge in [-0.1, -0.05) is 0 Å². The van der Waals surface area contributed by atoms with Crippen LogP contribution in [0.1, 0.15) is 19.3 Å². The number of carboxylic acids is 1. The molecule has 0 saturated carbocycles. The largest absolute Gasteiger partial charge is 0.481 e. The van der Waals surface area contributed by atoms with Crippen LogP contribution in [0, 0.1) is 5.92 Å². The van der Waals surface area contributed by atoms with Gasteiger partial charge in [-0.05, 0) is 19.3 Å². The number of ether oxygens (including phenoxy) is 1. The highest BCUT2D eigenvalue weighted by Gasteiger charge is 2.33. The number of carbonyl (C=O) groups is 1. The summed E-state index contributed by atoms with van der Waals surface area (Å²) in [6.07, 6.45) is 3.90. The average molecular weight is 199 g/mol. The Labute approximate surface area is 83.8 Å². The maximum atomic E-state index is 10.6. The van der Waals surface area contributed by atoms with Crippen molar-refractivity contribution in [2.75, 3.05) is 26.2 Å². The first-order chi connectivity index (χ1) is 6.75. The van der Waals surface area contributed by atoms with Gasteiger partial charge in [0.2, 0.25) is 0 Å². The van der Waals surface area contributed by atoms with Crippen molar-refractivity contribution in [3.8, 4) is 0 Å². The van der Waals surface area contributed by atoms with E-state index in [0.717, 1.165) is 19.6 Å². The van der Waals surface area contributed by atoms with Crippen molar-refractivity contribution in [1.82, 2.24) is 4.90 Å². The fourth-order valence-electron chi connectivity index (χ4n) is 2.11. The van der Waals surface area contributed by atoms with Crippen LogP contribution in [-0.4, -0.2) is 48.3 Å². The molecule has 0 aromatic heterocycles. The molecule has 4 heteroatoms. The van der Waals surface area contributed by atoms with Crippen LogP contribution in [0.4, 0.5) is 0 Å². The molecule has 1 atom stereocenters. The molecule has 14 heavy (non-hydrogen) atoms. The number of nitrogens with zero attached hydrogens (tertiary/aromatic N) is 1. The van der Waals surface area contributed by atoms with E-state index in [2.05, 4.69) is 4.90 Å². The van der Waals surface area contributed by atoms with E-state index in [1.807, 2.05) is 0 Å². The van der Waals surface area contributed by atoms with Crippen molar-refractivity contribution in [2.24, 2.45) is 5.92 Å². The first-order valence-corrected chi connectivity index (χ1v) is 5.32. The van der Waals surface area contributed by atoms with Gasteiger partial charge in [-0.3, -0.25) is 9.69 Å². The standard InChI is InChI=1S/C10H17NO3/c12-10(13)8-5-11(6-8)7-9-3-1-2-4-14-9/h8-9H,1-7H2,(H,12,13). The van der Waals surface area contributed by atoms with Crippen LogP contribution in [0.5, 0.6) is 0 Å². The highest BCUT2D eigenvalue weighted by atomic mass is 16.5. The van der Waals surface area contributed by atoms with Crippen LogP contribution < -0.4 is 0 Å². The van der Waals surface area contributed by atoms with Crippen molar-refractivity contribution >= 4 is 5.97 Å². The lowest BCUT2D eigenvalue weighted by Gasteiger charge is -2.39. The third kappa shape index (κ3) is 2.25. The average Bonchev–Trinajstić information content (AvgIpc) is 2.12. The van der Waals surface area contributed by atoms with Crippen LogP contribution in [-0.2, 0) is 9.53 Å². The molecule has 0 spiro atoms. The number of hydrogen-bond acceptors (Lipinski definition) is 3. The van der Waals surface area contributed by atoms with Crippen LogP contribution >= 0.6 is 0 Å². The fraction of sp³-hybridized carbons (Fsp3) is 0.900. The maximum absolute atomic E-state index is 10.6. The summed E-state index contributed by atoms with van der Waals surface area (Å²) in [5.74, 6) is -0.801. The van der Waals surface area contributed by atoms with E-state index in [0.29, 0.717) is 19.2 Å². The second kappa shape index (κ2) is 4.28. The zero-order valence-corrected chi connectivity index (χ0v) is 8.32. The van der Waals surface area contributed by atoms with Crippen LogP contribution in [0.25, 0.3) is 0 Å². The summed E-state index contributed by atoms with van der Waals surface area (Å²) in [7, 11) is 0. The number of hydrogen-bond donors (Lipinski definition) is 1. The minimum Gasteiger partial charge on any atom is -0.481 e. The van der Waals surface area contributed by atoms with Crippen molar-refractivity contribution in [3.05, 3.63) is 0 Å². The van der Waals surface area contributed by atoms with E-state index in [9.17, 15) is 4.79 Å². The van der Waals surface area contributed by atoms with Gasteiger partial charge in [0.15, 0.2) is 0 Å². The van der Waals surface area contributed by atoms with Crippen molar-refractivity contribution < 1.29 is 14.6 Å². The maximum Gasteiger partial charge on any atom is 0.309 e. The van der Waals surface area contributed by atoms with Gasteiger partial charge in [0, 0.05) is 26.2 Å². The molecule has 1 unspecified atom stereocenters. The van der Waals surface area contributed by atoms with Crippen LogP contribution in [0.2, 0.25) is 0 Å². The van der Waals surface area contributed by atoms with E-state index < -0.39 is 5.97 Å². The van der Waals surface area contributed by atoms with Gasteiger partial charge in [0.25, 0.3) is 0 Å². The van der Waals surface area contributed by atoms with E-state index in [-0.39, 0.29) is 5.92 Å². The second-order valence-corrected chi connectivity index (χ2v) is 4.24. The number of aliphatic carboxylic acids is 1. The molecule has 0 aromatic rings. The topological polar surface area (TPSA) is 49.8 Å². The van der Waals surface area contributed by atoms with Gasteiger partial charge in [0.1, 0.15) is 0 Å². The van der Waals surface area contributed by atoms with Gasteiger partial charge in [-0.15, -0.1) is 0 Å². The Bertz CT molecular complexity index is 207. The number of carboxylic acid groups (broad SMARTS) is 1. The lowest BCUT2D eigenvalue weighted by atomic mass is 9.99. The molecule has 80 valence electrons. The van der Waals surface area contributed by atoms with Crippen molar-refractivity contribution in [3.63, 3.8) is 0 Å². The molecule has 2 fully saturated rings. The zero-order valence-electron chi connectivity index (χ0n) is 8.32. The molecule has 0 amide bonds. The Morgan fingerprint density at radius 2 is 2.21 bits per heavy atom. The highest BCUT2D eigenvalue weighted by molar-refractivity contribution is 5.71. The molecule has 4 nitrogen and oxygen atoms in total. The minimum atomic E-state index is -0.661. The van der Waals surface area contributed by atoms with Crippen molar-refractivity contribution in [1.29, 1.82) is 0 Å². The van der Waals surface area contributed by atoms with Gasteiger partial charge in [-0.25, -0.2) is 0 Å². The molecule has 2 heterocycles. The van der Waals surface area contributed by atoms with Crippen LogP contribution in [0.3, 0.4) is 0 Å². The summed E-state index contributed by atoms with van der Waals surface area (Å²) in [5, 5.41) is 8.70. The molecule has 0 aromatic carbocycles. The minimum absolute atomic E-state index is 0.140. The predicted molar refractivity (Wildman–Crippen MR) is 51.2 cm³/mol. The summed E-state index contributed by atoms with van der Waals surface area (Å²) in [6.45, 7) is 3.20. The summed E-state index contributed by atoms with van der Waals surface area (Å²) in [6, 6.07) is 0. The Hall–Kier alpha value is -0.610. The summed E-state index contributed by atoms with van der Waals surface area (Å²) in [4.78, 5) is 12.7. The second-order valence-electron chi connectivity index (χ2n) is 4.24. The Morgan fingerprint density at radius 3 is 2.79 bits per heavy atom.